The van der Waals surface area contributed by atoms with Crippen LogP contribution >= 0.6 is 0 Å². The van der Waals surface area contributed by atoms with Crippen LogP contribution in [0.3, 0.4) is 0 Å². The fourth-order valence-corrected chi connectivity index (χ4v) is 1.85. The molecule has 3 rings (SSSR count). The minimum atomic E-state index is -0.463. The molecule has 1 unspecified atom stereocenters. The number of nitrogens with zero attached hydrogens (tertiary/aromatic N) is 1. The maximum atomic E-state index is 11.1. The summed E-state index contributed by atoms with van der Waals surface area (Å²) in [6.07, 6.45) is 2.81. The van der Waals surface area contributed by atoms with Crippen molar-refractivity contribution >= 4 is 11.6 Å². The van der Waals surface area contributed by atoms with E-state index >= 15 is 0 Å². The number of hydrogen-bond donors (Lipinski definition) is 2. The quantitative estimate of drug-likeness (QED) is 0.832. The Kier molecular flexibility index (Phi) is 2.40. The molecule has 0 saturated carbocycles. The molecular weight excluding hydrogens is 234 g/mol. The molecule has 0 aliphatic carbocycles. The summed E-state index contributed by atoms with van der Waals surface area (Å²) in [7, 11) is 0. The molecule has 1 amide bonds. The molecule has 1 aromatic heterocycles. The van der Waals surface area contributed by atoms with Crippen LogP contribution in [-0.2, 0) is 0 Å². The standard InChI is InChI=1S/C12H11N3O3/c13-11(16)7-1-2-9-8(5-7)15-6-10(18-9)12-14-3-4-17-12/h1-5,10,15H,6H2,(H2,13,16). The fourth-order valence-electron chi connectivity index (χ4n) is 1.85. The van der Waals surface area contributed by atoms with E-state index in [4.69, 9.17) is 14.9 Å². The Morgan fingerprint density at radius 3 is 3.11 bits per heavy atom. The van der Waals surface area contributed by atoms with Crippen LogP contribution in [-0.4, -0.2) is 17.4 Å². The minimum absolute atomic E-state index is 0.271. The third-order valence-corrected chi connectivity index (χ3v) is 2.74. The van der Waals surface area contributed by atoms with Gasteiger partial charge in [0.15, 0.2) is 6.10 Å². The summed E-state index contributed by atoms with van der Waals surface area (Å²) in [6.45, 7) is 0.524. The molecule has 92 valence electrons. The molecule has 0 radical (unpaired) electrons. The Balaban J connectivity index is 1.88. The highest BCUT2D eigenvalue weighted by Gasteiger charge is 2.24. The van der Waals surface area contributed by atoms with E-state index in [1.165, 1.54) is 6.26 Å². The molecule has 0 bridgehead atoms. The van der Waals surface area contributed by atoms with Crippen LogP contribution in [0.2, 0.25) is 0 Å². The van der Waals surface area contributed by atoms with Crippen LogP contribution in [0.25, 0.3) is 0 Å². The molecular formula is C12H11N3O3. The zero-order valence-electron chi connectivity index (χ0n) is 9.42. The second-order valence-corrected chi connectivity index (χ2v) is 3.93. The van der Waals surface area contributed by atoms with E-state index in [1.807, 2.05) is 0 Å². The Morgan fingerprint density at radius 2 is 2.39 bits per heavy atom. The van der Waals surface area contributed by atoms with Crippen LogP contribution in [0.1, 0.15) is 22.4 Å². The van der Waals surface area contributed by atoms with Gasteiger partial charge in [-0.05, 0) is 18.2 Å². The van der Waals surface area contributed by atoms with Crippen LogP contribution in [0.4, 0.5) is 5.69 Å². The van der Waals surface area contributed by atoms with Crippen molar-refractivity contribution in [1.82, 2.24) is 4.98 Å². The van der Waals surface area contributed by atoms with E-state index in [9.17, 15) is 4.79 Å². The van der Waals surface area contributed by atoms with Crippen molar-refractivity contribution in [3.05, 3.63) is 42.1 Å². The molecule has 1 atom stereocenters. The number of anilines is 1. The van der Waals surface area contributed by atoms with Gasteiger partial charge in [0.2, 0.25) is 11.8 Å². The zero-order valence-corrected chi connectivity index (χ0v) is 9.42. The third kappa shape index (κ3) is 1.77. The van der Waals surface area contributed by atoms with Crippen molar-refractivity contribution in [3.63, 3.8) is 0 Å². The highest BCUT2D eigenvalue weighted by atomic mass is 16.5. The topological polar surface area (TPSA) is 90.4 Å². The van der Waals surface area contributed by atoms with Crippen LogP contribution in [0, 0.1) is 0 Å². The Hall–Kier alpha value is -2.50. The summed E-state index contributed by atoms with van der Waals surface area (Å²) < 4.78 is 10.9. The molecule has 2 heterocycles. The molecule has 0 fully saturated rings. The van der Waals surface area contributed by atoms with E-state index in [0.29, 0.717) is 23.7 Å². The van der Waals surface area contributed by atoms with Crippen LogP contribution in [0.5, 0.6) is 5.75 Å². The average molecular weight is 245 g/mol. The van der Waals surface area contributed by atoms with Gasteiger partial charge in [0.05, 0.1) is 18.4 Å². The van der Waals surface area contributed by atoms with Crippen LogP contribution < -0.4 is 15.8 Å². The molecule has 1 aliphatic heterocycles. The highest BCUT2D eigenvalue weighted by Crippen LogP contribution is 2.34. The summed E-state index contributed by atoms with van der Waals surface area (Å²) in [6, 6.07) is 5.00. The van der Waals surface area contributed by atoms with E-state index in [-0.39, 0.29) is 6.10 Å². The number of aromatic nitrogens is 1. The summed E-state index contributed by atoms with van der Waals surface area (Å²) >= 11 is 0. The van der Waals surface area contributed by atoms with Gasteiger partial charge in [-0.1, -0.05) is 0 Å². The van der Waals surface area contributed by atoms with Crippen molar-refractivity contribution in [2.45, 2.75) is 6.10 Å². The number of nitrogens with two attached hydrogens (primary N) is 1. The largest absolute Gasteiger partial charge is 0.477 e. The van der Waals surface area contributed by atoms with Gasteiger partial charge < -0.3 is 20.2 Å². The summed E-state index contributed by atoms with van der Waals surface area (Å²) in [5.41, 5.74) is 6.41. The SMILES string of the molecule is NC(=O)c1ccc2c(c1)NCC(c1ncco1)O2. The number of carbonyl (C=O) groups excluding carboxylic acids is 1. The molecule has 0 saturated heterocycles. The first-order valence-electron chi connectivity index (χ1n) is 5.48. The van der Waals surface area contributed by atoms with Crippen LogP contribution in [0.15, 0.2) is 35.1 Å². The van der Waals surface area contributed by atoms with E-state index in [0.717, 1.165) is 5.69 Å². The third-order valence-electron chi connectivity index (χ3n) is 2.74. The average Bonchev–Trinajstić information content (AvgIpc) is 2.91. The Morgan fingerprint density at radius 1 is 1.50 bits per heavy atom. The molecule has 6 nitrogen and oxygen atoms in total. The van der Waals surface area contributed by atoms with E-state index in [1.54, 1.807) is 24.4 Å². The molecule has 6 heteroatoms. The number of ether oxygens (including phenoxy) is 1. The smallest absolute Gasteiger partial charge is 0.248 e. The summed E-state index contributed by atoms with van der Waals surface area (Å²) in [4.78, 5) is 15.1. The van der Waals surface area contributed by atoms with Crippen molar-refractivity contribution in [3.8, 4) is 5.75 Å². The molecule has 1 aromatic carbocycles. The maximum Gasteiger partial charge on any atom is 0.248 e. The predicted molar refractivity (Wildman–Crippen MR) is 63.3 cm³/mol. The van der Waals surface area contributed by atoms with Crippen molar-refractivity contribution in [2.24, 2.45) is 5.73 Å². The van der Waals surface area contributed by atoms with E-state index in [2.05, 4.69) is 10.3 Å². The lowest BCUT2D eigenvalue weighted by atomic mass is 10.1. The number of benzene rings is 1. The number of amides is 1. The fraction of sp³-hybridized carbons (Fsp3) is 0.167. The van der Waals surface area contributed by atoms with Gasteiger partial charge in [0.25, 0.3) is 0 Å². The first kappa shape index (κ1) is 10.6. The number of rotatable bonds is 2. The number of oxazole rings is 1. The van der Waals surface area contributed by atoms with Gasteiger partial charge in [-0.2, -0.15) is 0 Å². The predicted octanol–water partition coefficient (Wildman–Crippen LogP) is 1.32. The first-order chi connectivity index (χ1) is 8.74. The maximum absolute atomic E-state index is 11.1. The normalized spacial score (nSPS) is 17.4. The van der Waals surface area contributed by atoms with E-state index < -0.39 is 5.91 Å². The number of hydrogen-bond acceptors (Lipinski definition) is 5. The minimum Gasteiger partial charge on any atom is -0.477 e. The lowest BCUT2D eigenvalue weighted by molar-refractivity contribution is 0.1000. The van der Waals surface area contributed by atoms with Gasteiger partial charge in [-0.25, -0.2) is 4.98 Å². The molecule has 1 aliphatic rings. The second kappa shape index (κ2) is 4.06. The lowest BCUT2D eigenvalue weighted by Crippen LogP contribution is -2.24. The Labute approximate surface area is 103 Å². The first-order valence-corrected chi connectivity index (χ1v) is 5.48. The monoisotopic (exact) mass is 245 g/mol. The molecule has 3 N–H and O–H groups in total. The highest BCUT2D eigenvalue weighted by molar-refractivity contribution is 5.94. The van der Waals surface area contributed by atoms with Gasteiger partial charge >= 0.3 is 0 Å². The van der Waals surface area contributed by atoms with Crippen molar-refractivity contribution in [1.29, 1.82) is 0 Å². The number of carbonyl (C=O) groups is 1. The molecule has 2 aromatic rings. The van der Waals surface area contributed by atoms with Gasteiger partial charge in [-0.3, -0.25) is 4.79 Å². The number of primary amides is 1. The van der Waals surface area contributed by atoms with Crippen molar-refractivity contribution in [2.75, 3.05) is 11.9 Å². The molecule has 0 spiro atoms. The number of nitrogens with one attached hydrogen (secondary N) is 1. The zero-order chi connectivity index (χ0) is 12.5. The van der Waals surface area contributed by atoms with Crippen molar-refractivity contribution < 1.29 is 13.9 Å². The lowest BCUT2D eigenvalue weighted by Gasteiger charge is -2.25. The molecule has 18 heavy (non-hydrogen) atoms. The van der Waals surface area contributed by atoms with Gasteiger partial charge in [0.1, 0.15) is 12.0 Å². The summed E-state index contributed by atoms with van der Waals surface area (Å²) in [5, 5.41) is 3.16. The summed E-state index contributed by atoms with van der Waals surface area (Å²) in [5.74, 6) is 0.705. The Bertz CT molecular complexity index is 580. The van der Waals surface area contributed by atoms with Gasteiger partial charge in [-0.15, -0.1) is 0 Å². The number of fused-ring (bicyclic) bond motifs is 1. The van der Waals surface area contributed by atoms with Gasteiger partial charge in [0, 0.05) is 5.56 Å². The second-order valence-electron chi connectivity index (χ2n) is 3.93.